The summed E-state index contributed by atoms with van der Waals surface area (Å²) in [6, 6.07) is 0. The second-order valence-corrected chi connectivity index (χ2v) is 5.05. The van der Waals surface area contributed by atoms with E-state index in [1.165, 1.54) is 10.3 Å². The lowest BCUT2D eigenvalue weighted by Crippen LogP contribution is -2.31. The van der Waals surface area contributed by atoms with Crippen LogP contribution in [0.25, 0.3) is 0 Å². The number of rotatable bonds is 7. The standard InChI is InChI=1S/C13H22N4O3/c1-9(2)5-6-14-7-12(18)8-16-11(4)13(17(19)20)10(3)15-16/h5,12,14,18H,6-8H2,1-4H3. The molecule has 7 heteroatoms. The molecule has 0 bridgehead atoms. The molecule has 0 amide bonds. The Bertz CT molecular complexity index is 504. The molecule has 112 valence electrons. The minimum atomic E-state index is -0.641. The molecule has 20 heavy (non-hydrogen) atoms. The Morgan fingerprint density at radius 2 is 2.20 bits per heavy atom. The number of nitro groups is 1. The first-order valence-electron chi connectivity index (χ1n) is 6.53. The first-order chi connectivity index (χ1) is 9.32. The van der Waals surface area contributed by atoms with Gasteiger partial charge in [-0.3, -0.25) is 14.8 Å². The first-order valence-corrected chi connectivity index (χ1v) is 6.53. The maximum Gasteiger partial charge on any atom is 0.312 e. The summed E-state index contributed by atoms with van der Waals surface area (Å²) < 4.78 is 1.49. The topological polar surface area (TPSA) is 93.2 Å². The molecule has 2 N–H and O–H groups in total. The van der Waals surface area contributed by atoms with Crippen molar-refractivity contribution in [1.29, 1.82) is 0 Å². The third-order valence-corrected chi connectivity index (χ3v) is 2.94. The predicted octanol–water partition coefficient (Wildman–Crippen LogP) is 1.32. The van der Waals surface area contributed by atoms with Crippen LogP contribution in [0.2, 0.25) is 0 Å². The third kappa shape index (κ3) is 4.43. The molecule has 0 aliphatic carbocycles. The third-order valence-electron chi connectivity index (χ3n) is 2.94. The number of nitrogens with zero attached hydrogens (tertiary/aromatic N) is 3. The van der Waals surface area contributed by atoms with Crippen LogP contribution in [0, 0.1) is 24.0 Å². The number of nitrogens with one attached hydrogen (secondary N) is 1. The fourth-order valence-corrected chi connectivity index (χ4v) is 1.92. The van der Waals surface area contributed by atoms with Crippen molar-refractivity contribution in [3.8, 4) is 0 Å². The van der Waals surface area contributed by atoms with Crippen molar-refractivity contribution in [3.63, 3.8) is 0 Å². The summed E-state index contributed by atoms with van der Waals surface area (Å²) >= 11 is 0. The minimum Gasteiger partial charge on any atom is -0.390 e. The zero-order valence-corrected chi connectivity index (χ0v) is 12.4. The Labute approximate surface area is 118 Å². The number of aryl methyl sites for hydroxylation is 1. The summed E-state index contributed by atoms with van der Waals surface area (Å²) in [5, 5.41) is 28.0. The highest BCUT2D eigenvalue weighted by molar-refractivity contribution is 5.39. The van der Waals surface area contributed by atoms with E-state index in [1.807, 2.05) is 19.9 Å². The summed E-state index contributed by atoms with van der Waals surface area (Å²) in [4.78, 5) is 10.5. The summed E-state index contributed by atoms with van der Waals surface area (Å²) in [6.07, 6.45) is 1.39. The summed E-state index contributed by atoms with van der Waals surface area (Å²) in [7, 11) is 0. The van der Waals surface area contributed by atoms with Gasteiger partial charge in [0.2, 0.25) is 0 Å². The molecule has 1 unspecified atom stereocenters. The van der Waals surface area contributed by atoms with Crippen molar-refractivity contribution in [2.75, 3.05) is 13.1 Å². The Kier molecular flexibility index (Phi) is 5.84. The first kappa shape index (κ1) is 16.3. The molecular weight excluding hydrogens is 260 g/mol. The van der Waals surface area contributed by atoms with Gasteiger partial charge in [-0.15, -0.1) is 0 Å². The van der Waals surface area contributed by atoms with E-state index in [0.717, 1.165) is 0 Å². The van der Waals surface area contributed by atoms with Gasteiger partial charge in [-0.1, -0.05) is 11.6 Å². The number of aliphatic hydroxyl groups excluding tert-OH is 1. The van der Waals surface area contributed by atoms with Crippen molar-refractivity contribution in [2.24, 2.45) is 0 Å². The van der Waals surface area contributed by atoms with Crippen LogP contribution >= 0.6 is 0 Å². The van der Waals surface area contributed by atoms with E-state index < -0.39 is 11.0 Å². The number of aliphatic hydroxyl groups is 1. The number of hydrogen-bond acceptors (Lipinski definition) is 5. The molecule has 0 saturated carbocycles. The normalized spacial score (nSPS) is 12.2. The highest BCUT2D eigenvalue weighted by atomic mass is 16.6. The van der Waals surface area contributed by atoms with Crippen molar-refractivity contribution in [3.05, 3.63) is 33.2 Å². The summed E-state index contributed by atoms with van der Waals surface area (Å²) in [5.74, 6) is 0. The van der Waals surface area contributed by atoms with E-state index in [0.29, 0.717) is 24.5 Å². The molecule has 0 radical (unpaired) electrons. The van der Waals surface area contributed by atoms with Gasteiger partial charge in [-0.05, 0) is 27.7 Å². The SMILES string of the molecule is CC(C)=CCNCC(O)Cn1nc(C)c([N+](=O)[O-])c1C. The van der Waals surface area contributed by atoms with Crippen LogP contribution in [0.3, 0.4) is 0 Å². The molecule has 1 aromatic heterocycles. The largest absolute Gasteiger partial charge is 0.390 e. The zero-order valence-electron chi connectivity index (χ0n) is 12.4. The molecule has 7 nitrogen and oxygen atoms in total. The molecule has 1 atom stereocenters. The van der Waals surface area contributed by atoms with Crippen molar-refractivity contribution in [2.45, 2.75) is 40.3 Å². The van der Waals surface area contributed by atoms with Crippen molar-refractivity contribution >= 4 is 5.69 Å². The Morgan fingerprint density at radius 1 is 1.55 bits per heavy atom. The monoisotopic (exact) mass is 282 g/mol. The van der Waals surface area contributed by atoms with Crippen LogP contribution in [0.4, 0.5) is 5.69 Å². The zero-order chi connectivity index (χ0) is 15.3. The van der Waals surface area contributed by atoms with Crippen molar-refractivity contribution in [1.82, 2.24) is 15.1 Å². The van der Waals surface area contributed by atoms with Crippen molar-refractivity contribution < 1.29 is 10.0 Å². The molecule has 0 saturated heterocycles. The van der Waals surface area contributed by atoms with Gasteiger partial charge < -0.3 is 10.4 Å². The van der Waals surface area contributed by atoms with E-state index >= 15 is 0 Å². The lowest BCUT2D eigenvalue weighted by atomic mass is 10.3. The molecule has 1 rings (SSSR count). The van der Waals surface area contributed by atoms with E-state index in [1.54, 1.807) is 13.8 Å². The van der Waals surface area contributed by atoms with Gasteiger partial charge in [0.1, 0.15) is 11.4 Å². The van der Waals surface area contributed by atoms with Gasteiger partial charge in [0.15, 0.2) is 0 Å². The molecule has 0 aliphatic heterocycles. The van der Waals surface area contributed by atoms with Gasteiger partial charge >= 0.3 is 5.69 Å². The van der Waals surface area contributed by atoms with Crippen LogP contribution in [0.1, 0.15) is 25.2 Å². The molecule has 0 fully saturated rings. The quantitative estimate of drug-likeness (QED) is 0.340. The van der Waals surface area contributed by atoms with E-state index in [9.17, 15) is 15.2 Å². The van der Waals surface area contributed by atoms with Gasteiger partial charge in [-0.2, -0.15) is 5.10 Å². The molecule has 1 aromatic rings. The van der Waals surface area contributed by atoms with E-state index in [2.05, 4.69) is 10.4 Å². The minimum absolute atomic E-state index is 0.0229. The lowest BCUT2D eigenvalue weighted by Gasteiger charge is -2.12. The van der Waals surface area contributed by atoms with Gasteiger partial charge in [-0.25, -0.2) is 0 Å². The molecular formula is C13H22N4O3. The Balaban J connectivity index is 2.58. The van der Waals surface area contributed by atoms with Crippen LogP contribution in [-0.2, 0) is 6.54 Å². The van der Waals surface area contributed by atoms with Crippen LogP contribution < -0.4 is 5.32 Å². The fraction of sp³-hybridized carbons (Fsp3) is 0.615. The Hall–Kier alpha value is -1.73. The summed E-state index contributed by atoms with van der Waals surface area (Å²) in [6.45, 7) is 8.59. The number of hydrogen-bond donors (Lipinski definition) is 2. The maximum atomic E-state index is 10.9. The summed E-state index contributed by atoms with van der Waals surface area (Å²) in [5.41, 5.74) is 2.07. The van der Waals surface area contributed by atoms with Gasteiger partial charge in [0.25, 0.3) is 0 Å². The lowest BCUT2D eigenvalue weighted by molar-refractivity contribution is -0.386. The van der Waals surface area contributed by atoms with Gasteiger partial charge in [0, 0.05) is 13.1 Å². The molecule has 0 spiro atoms. The van der Waals surface area contributed by atoms with Crippen LogP contribution in [-0.4, -0.2) is 39.0 Å². The van der Waals surface area contributed by atoms with E-state index in [-0.39, 0.29) is 12.2 Å². The average molecular weight is 282 g/mol. The predicted molar refractivity (Wildman–Crippen MR) is 76.7 cm³/mol. The number of aromatic nitrogens is 2. The van der Waals surface area contributed by atoms with Crippen LogP contribution in [0.15, 0.2) is 11.6 Å². The molecule has 1 heterocycles. The second kappa shape index (κ2) is 7.16. The smallest absolute Gasteiger partial charge is 0.312 e. The highest BCUT2D eigenvalue weighted by Gasteiger charge is 2.22. The van der Waals surface area contributed by atoms with E-state index in [4.69, 9.17) is 0 Å². The second-order valence-electron chi connectivity index (χ2n) is 5.05. The highest BCUT2D eigenvalue weighted by Crippen LogP contribution is 2.21. The molecule has 0 aromatic carbocycles. The van der Waals surface area contributed by atoms with Gasteiger partial charge in [0.05, 0.1) is 17.6 Å². The van der Waals surface area contributed by atoms with Crippen LogP contribution in [0.5, 0.6) is 0 Å². The Morgan fingerprint density at radius 3 is 2.70 bits per heavy atom. The maximum absolute atomic E-state index is 10.9. The average Bonchev–Trinajstić information content (AvgIpc) is 2.59. The molecule has 0 aliphatic rings. The number of allylic oxidation sites excluding steroid dienone is 1. The fourth-order valence-electron chi connectivity index (χ4n) is 1.92.